The molecule has 0 radical (unpaired) electrons. The smallest absolute Gasteiger partial charge is 0.0360 e. The van der Waals surface area contributed by atoms with Gasteiger partial charge in [0, 0.05) is 0 Å². The van der Waals surface area contributed by atoms with Crippen LogP contribution in [-0.4, -0.2) is 0 Å². The Morgan fingerprint density at radius 1 is 1.80 bits per heavy atom. The maximum atomic E-state index is 3.62. The molecule has 1 aliphatic heterocycles. The van der Waals surface area contributed by atoms with Crippen LogP contribution in [0.2, 0.25) is 0 Å². The molecule has 0 atom stereocenters. The van der Waals surface area contributed by atoms with E-state index in [9.17, 15) is 0 Å². The molecule has 28 valence electrons. The summed E-state index contributed by atoms with van der Waals surface area (Å²) >= 11 is 1.48. The third kappa shape index (κ3) is 0.560. The molecule has 0 aromatic heterocycles. The van der Waals surface area contributed by atoms with Crippen molar-refractivity contribution in [1.82, 2.24) is 4.83 Å². The first-order chi connectivity index (χ1) is 2.50. The van der Waals surface area contributed by atoms with Crippen LogP contribution in [0.5, 0.6) is 0 Å². The van der Waals surface area contributed by atoms with Gasteiger partial charge in [-0.3, -0.25) is 0 Å². The molecule has 0 saturated heterocycles. The average Bonchev–Trinajstić information content (AvgIpc) is 1.76. The monoisotopic (exact) mass is 87.0 g/mol. The molecule has 0 aromatic rings. The van der Waals surface area contributed by atoms with Crippen LogP contribution in [-0.2, 0) is 0 Å². The second-order valence-electron chi connectivity index (χ2n) is 0.623. The van der Waals surface area contributed by atoms with E-state index < -0.39 is 0 Å². The fraction of sp³-hybridized carbons (Fsp3) is 0. The summed E-state index contributed by atoms with van der Waals surface area (Å²) in [7, 11) is 0. The van der Waals surface area contributed by atoms with E-state index in [1.807, 2.05) is 5.41 Å². The molecule has 0 bridgehead atoms. The number of rotatable bonds is 0. The van der Waals surface area contributed by atoms with Gasteiger partial charge in [-0.05, 0) is 5.41 Å². The lowest BCUT2D eigenvalue weighted by atomic mass is 11.1. The largest absolute Gasteiger partial charge is 0.618 e. The molecular weight excluding hydrogens is 84.1 g/mol. The van der Waals surface area contributed by atoms with E-state index in [4.69, 9.17) is 0 Å². The summed E-state index contributed by atoms with van der Waals surface area (Å²) in [5.41, 5.74) is 3.62. The van der Waals surface area contributed by atoms with Crippen molar-refractivity contribution >= 4 is 11.9 Å². The second-order valence-corrected chi connectivity index (χ2v) is 1.31. The molecular formula is C2H3N2S-. The summed E-state index contributed by atoms with van der Waals surface area (Å²) in [6, 6.07) is 0. The van der Waals surface area contributed by atoms with Gasteiger partial charge in [-0.15, -0.1) is 0 Å². The van der Waals surface area contributed by atoms with Gasteiger partial charge in [-0.25, -0.2) is 0 Å². The molecule has 0 amide bonds. The Kier molecular flexibility index (Phi) is 0.813. The fourth-order valence-electron chi connectivity index (χ4n) is 0.152. The topological polar surface area (TPSA) is 26.1 Å². The van der Waals surface area contributed by atoms with Crippen LogP contribution in [0.3, 0.4) is 0 Å². The zero-order valence-corrected chi connectivity index (χ0v) is 3.33. The molecule has 0 saturated carbocycles. The maximum absolute atomic E-state index is 3.62. The molecule has 1 aliphatic rings. The first-order valence-corrected chi connectivity index (χ1v) is 2.13. The van der Waals surface area contributed by atoms with Crippen molar-refractivity contribution in [3.8, 4) is 0 Å². The lowest BCUT2D eigenvalue weighted by Gasteiger charge is -2.02. The van der Waals surface area contributed by atoms with Gasteiger partial charge in [-0.1, -0.05) is 11.9 Å². The van der Waals surface area contributed by atoms with Gasteiger partial charge in [0.25, 0.3) is 0 Å². The van der Waals surface area contributed by atoms with Gasteiger partial charge in [-0.2, -0.15) is 6.20 Å². The van der Waals surface area contributed by atoms with E-state index in [0.29, 0.717) is 0 Å². The third-order valence-electron chi connectivity index (χ3n) is 0.309. The van der Waals surface area contributed by atoms with Crippen molar-refractivity contribution in [2.24, 2.45) is 0 Å². The molecule has 1 N–H and O–H groups in total. The van der Waals surface area contributed by atoms with Crippen molar-refractivity contribution < 1.29 is 0 Å². The molecule has 1 heterocycles. The molecule has 1 rings (SSSR count). The number of hydrogen-bond donors (Lipinski definition) is 1. The molecule has 3 heteroatoms. The lowest BCUT2D eigenvalue weighted by molar-refractivity contribution is 1.36. The maximum Gasteiger partial charge on any atom is -0.0360 e. The Balaban J connectivity index is 2.32. The molecule has 0 unspecified atom stereocenters. The minimum Gasteiger partial charge on any atom is -0.618 e. The zero-order valence-electron chi connectivity index (χ0n) is 2.51. The zero-order chi connectivity index (χ0) is 3.54. The molecule has 0 aliphatic carbocycles. The fourth-order valence-corrected chi connectivity index (χ4v) is 0.456. The predicted molar refractivity (Wildman–Crippen MR) is 23.2 cm³/mol. The molecule has 0 fully saturated rings. The molecule has 0 spiro atoms. The van der Waals surface area contributed by atoms with E-state index in [2.05, 4.69) is 10.3 Å². The first kappa shape index (κ1) is 3.06. The minimum absolute atomic E-state index is 1.48. The number of nitrogens with zero attached hydrogens (tertiary/aromatic N) is 1. The van der Waals surface area contributed by atoms with E-state index in [-0.39, 0.29) is 0 Å². The van der Waals surface area contributed by atoms with Crippen molar-refractivity contribution in [2.45, 2.75) is 0 Å². The van der Waals surface area contributed by atoms with Crippen LogP contribution in [0, 0.1) is 0 Å². The third-order valence-corrected chi connectivity index (χ3v) is 0.777. The Bertz CT molecular complexity index is 45.6. The standard InChI is InChI=1S/C2H3N2S/c1-2-5-4-3-1/h1-2,4H/q-1. The highest BCUT2D eigenvalue weighted by atomic mass is 32.2. The second kappa shape index (κ2) is 1.33. The number of hydrogen-bond acceptors (Lipinski definition) is 2. The van der Waals surface area contributed by atoms with Gasteiger partial charge < -0.3 is 10.3 Å². The normalized spacial score (nSPS) is 19.2. The van der Waals surface area contributed by atoms with Crippen molar-refractivity contribution in [3.05, 3.63) is 17.0 Å². The number of nitrogens with one attached hydrogen (secondary N) is 1. The quantitative estimate of drug-likeness (QED) is 0.446. The van der Waals surface area contributed by atoms with E-state index >= 15 is 0 Å². The summed E-state index contributed by atoms with van der Waals surface area (Å²) in [6.07, 6.45) is 1.71. The Morgan fingerprint density at radius 3 is 3.00 bits per heavy atom. The SMILES string of the molecule is C1=CSN[N-]1. The van der Waals surface area contributed by atoms with Crippen LogP contribution >= 0.6 is 11.9 Å². The van der Waals surface area contributed by atoms with Crippen molar-refractivity contribution in [3.63, 3.8) is 0 Å². The Morgan fingerprint density at radius 2 is 2.80 bits per heavy atom. The van der Waals surface area contributed by atoms with Gasteiger partial charge in [0.15, 0.2) is 0 Å². The van der Waals surface area contributed by atoms with Crippen LogP contribution in [0.4, 0.5) is 0 Å². The molecule has 2 nitrogen and oxygen atoms in total. The van der Waals surface area contributed by atoms with Crippen LogP contribution in [0.15, 0.2) is 11.6 Å². The first-order valence-electron chi connectivity index (χ1n) is 1.25. The van der Waals surface area contributed by atoms with Gasteiger partial charge in [0.2, 0.25) is 0 Å². The van der Waals surface area contributed by atoms with E-state index in [1.165, 1.54) is 11.9 Å². The summed E-state index contributed by atoms with van der Waals surface area (Å²) in [6.45, 7) is 0. The highest BCUT2D eigenvalue weighted by molar-refractivity contribution is 8.00. The average molecular weight is 87.1 g/mol. The Labute approximate surface area is 34.7 Å². The summed E-state index contributed by atoms with van der Waals surface area (Å²) in [5, 5.41) is 1.88. The summed E-state index contributed by atoms with van der Waals surface area (Å²) < 4.78 is 0. The predicted octanol–water partition coefficient (Wildman–Crippen LogP) is 0.998. The van der Waals surface area contributed by atoms with Gasteiger partial charge >= 0.3 is 0 Å². The van der Waals surface area contributed by atoms with Crippen LogP contribution in [0.25, 0.3) is 5.43 Å². The lowest BCUT2D eigenvalue weighted by Crippen LogP contribution is -1.79. The van der Waals surface area contributed by atoms with Gasteiger partial charge in [0.1, 0.15) is 0 Å². The highest BCUT2D eigenvalue weighted by Gasteiger charge is 1.66. The Hall–Kier alpha value is -0.150. The molecule has 0 aromatic carbocycles. The summed E-state index contributed by atoms with van der Waals surface area (Å²) in [4.78, 5) is 2.65. The summed E-state index contributed by atoms with van der Waals surface area (Å²) in [5.74, 6) is 0. The highest BCUT2D eigenvalue weighted by Crippen LogP contribution is 2.06. The molecule has 5 heavy (non-hydrogen) atoms. The van der Waals surface area contributed by atoms with E-state index in [0.717, 1.165) is 0 Å². The van der Waals surface area contributed by atoms with Crippen molar-refractivity contribution in [1.29, 1.82) is 0 Å². The van der Waals surface area contributed by atoms with Crippen LogP contribution in [0.1, 0.15) is 0 Å². The van der Waals surface area contributed by atoms with Crippen molar-refractivity contribution in [2.75, 3.05) is 0 Å². The van der Waals surface area contributed by atoms with Crippen LogP contribution < -0.4 is 4.83 Å². The van der Waals surface area contributed by atoms with Gasteiger partial charge in [0.05, 0.1) is 0 Å². The van der Waals surface area contributed by atoms with E-state index in [1.54, 1.807) is 6.20 Å². The minimum atomic E-state index is 1.48.